The van der Waals surface area contributed by atoms with Gasteiger partial charge in [-0.15, -0.1) is 0 Å². The van der Waals surface area contributed by atoms with Crippen LogP contribution in [-0.2, 0) is 23.0 Å². The lowest BCUT2D eigenvalue weighted by molar-refractivity contribution is 0.102. The van der Waals surface area contributed by atoms with E-state index in [9.17, 15) is 18.0 Å². The summed E-state index contributed by atoms with van der Waals surface area (Å²) in [7, 11) is -3.75. The summed E-state index contributed by atoms with van der Waals surface area (Å²) in [6, 6.07) is 18.8. The molecule has 1 aromatic heterocycles. The van der Waals surface area contributed by atoms with Crippen LogP contribution in [0.4, 0.5) is 5.69 Å². The van der Waals surface area contributed by atoms with Crippen molar-refractivity contribution >= 4 is 32.7 Å². The molecule has 0 atom stereocenters. The van der Waals surface area contributed by atoms with Crippen LogP contribution >= 0.6 is 0 Å². The highest BCUT2D eigenvalue weighted by Crippen LogP contribution is 2.25. The van der Waals surface area contributed by atoms with E-state index in [1.54, 1.807) is 30.3 Å². The zero-order valence-corrected chi connectivity index (χ0v) is 17.8. The Kier molecular flexibility index (Phi) is 4.91. The number of rotatable bonds is 4. The summed E-state index contributed by atoms with van der Waals surface area (Å²) >= 11 is 0. The molecule has 5 rings (SSSR count). The molecule has 3 aromatic carbocycles. The van der Waals surface area contributed by atoms with E-state index in [4.69, 9.17) is 0 Å². The van der Waals surface area contributed by atoms with E-state index in [2.05, 4.69) is 15.3 Å². The lowest BCUT2D eigenvalue weighted by atomic mass is 10.0. The summed E-state index contributed by atoms with van der Waals surface area (Å²) in [5, 5.41) is 2.75. The van der Waals surface area contributed by atoms with Gasteiger partial charge in [-0.3, -0.25) is 4.79 Å². The third kappa shape index (κ3) is 3.72. The molecule has 3 N–H and O–H groups in total. The van der Waals surface area contributed by atoms with Gasteiger partial charge in [-0.05, 0) is 53.9 Å². The average Bonchev–Trinajstić information content (AvgIpc) is 3.18. The predicted molar refractivity (Wildman–Crippen MR) is 121 cm³/mol. The summed E-state index contributed by atoms with van der Waals surface area (Å²) in [6.07, 6.45) is 0.652. The van der Waals surface area contributed by atoms with E-state index in [0.717, 1.165) is 11.1 Å². The van der Waals surface area contributed by atoms with Crippen LogP contribution in [0.2, 0.25) is 0 Å². The monoisotopic (exact) mass is 448 g/mol. The number of anilines is 1. The Balaban J connectivity index is 1.38. The van der Waals surface area contributed by atoms with Crippen LogP contribution in [-0.4, -0.2) is 35.1 Å². The van der Waals surface area contributed by atoms with Crippen molar-refractivity contribution in [3.63, 3.8) is 0 Å². The van der Waals surface area contributed by atoms with Crippen molar-refractivity contribution in [2.75, 3.05) is 11.9 Å². The van der Waals surface area contributed by atoms with Crippen molar-refractivity contribution in [1.82, 2.24) is 14.3 Å². The second-order valence-electron chi connectivity index (χ2n) is 7.68. The van der Waals surface area contributed by atoms with Gasteiger partial charge in [-0.1, -0.05) is 30.3 Å². The van der Waals surface area contributed by atoms with E-state index in [1.165, 1.54) is 16.4 Å². The maximum Gasteiger partial charge on any atom is 0.323 e. The van der Waals surface area contributed by atoms with E-state index in [0.29, 0.717) is 36.2 Å². The number of imidazole rings is 1. The molecule has 1 aliphatic rings. The van der Waals surface area contributed by atoms with Crippen LogP contribution in [0.15, 0.2) is 76.4 Å². The number of carbonyl (C=O) groups is 1. The first-order valence-electron chi connectivity index (χ1n) is 10.1. The second-order valence-corrected chi connectivity index (χ2v) is 9.62. The fourth-order valence-corrected chi connectivity index (χ4v) is 5.40. The molecule has 1 aliphatic heterocycles. The Morgan fingerprint density at radius 1 is 0.906 bits per heavy atom. The molecular formula is C23H20N4O4S. The summed E-state index contributed by atoms with van der Waals surface area (Å²) in [5.74, 6) is -0.441. The third-order valence-electron chi connectivity index (χ3n) is 5.60. The minimum Gasteiger partial charge on any atom is -0.322 e. The number of carbonyl (C=O) groups excluding carboxylic acids is 1. The van der Waals surface area contributed by atoms with Gasteiger partial charge >= 0.3 is 5.69 Å². The maximum absolute atomic E-state index is 13.2. The van der Waals surface area contributed by atoms with Crippen LogP contribution in [0, 0.1) is 0 Å². The first kappa shape index (κ1) is 20.2. The molecule has 0 bridgehead atoms. The standard InChI is InChI=1S/C23H20N4O4S/c28-22(24-18-8-9-20-21(13-18)26-23(29)25-20)16-6-3-7-19(12-16)32(30,31)27-11-10-15-4-1-2-5-17(15)14-27/h1-9,12-13H,10-11,14H2,(H,24,28)(H2,25,26,29). The van der Waals surface area contributed by atoms with Crippen LogP contribution in [0.1, 0.15) is 21.5 Å². The van der Waals surface area contributed by atoms with Crippen molar-refractivity contribution < 1.29 is 13.2 Å². The lowest BCUT2D eigenvalue weighted by Gasteiger charge is -2.28. The van der Waals surface area contributed by atoms with Crippen molar-refractivity contribution in [3.8, 4) is 0 Å². The molecular weight excluding hydrogens is 428 g/mol. The average molecular weight is 449 g/mol. The molecule has 2 heterocycles. The zero-order chi connectivity index (χ0) is 22.3. The van der Waals surface area contributed by atoms with Crippen molar-refractivity contribution in [3.05, 3.63) is 93.9 Å². The number of amides is 1. The number of H-pyrrole nitrogens is 2. The number of hydrogen-bond acceptors (Lipinski definition) is 4. The van der Waals surface area contributed by atoms with Gasteiger partial charge in [0.1, 0.15) is 0 Å². The van der Waals surface area contributed by atoms with Gasteiger partial charge in [-0.25, -0.2) is 13.2 Å². The highest BCUT2D eigenvalue weighted by Gasteiger charge is 2.28. The van der Waals surface area contributed by atoms with Gasteiger partial charge in [0.15, 0.2) is 0 Å². The quantitative estimate of drug-likeness (QED) is 0.445. The van der Waals surface area contributed by atoms with Crippen LogP contribution in [0.5, 0.6) is 0 Å². The normalized spacial score (nSPS) is 14.2. The molecule has 9 heteroatoms. The summed E-state index contributed by atoms with van der Waals surface area (Å²) in [4.78, 5) is 29.5. The molecule has 1 amide bonds. The van der Waals surface area contributed by atoms with Gasteiger partial charge < -0.3 is 15.3 Å². The smallest absolute Gasteiger partial charge is 0.322 e. The SMILES string of the molecule is O=C(Nc1ccc2[nH]c(=O)[nH]c2c1)c1cccc(S(=O)(=O)N2CCc3ccccc3C2)c1. The highest BCUT2D eigenvalue weighted by molar-refractivity contribution is 7.89. The molecule has 8 nitrogen and oxygen atoms in total. The van der Waals surface area contributed by atoms with Crippen molar-refractivity contribution in [2.24, 2.45) is 0 Å². The first-order chi connectivity index (χ1) is 15.4. The summed E-state index contributed by atoms with van der Waals surface area (Å²) in [5.41, 5.74) is 3.73. The van der Waals surface area contributed by atoms with Gasteiger partial charge in [0.05, 0.1) is 15.9 Å². The van der Waals surface area contributed by atoms with Crippen molar-refractivity contribution in [2.45, 2.75) is 17.9 Å². The highest BCUT2D eigenvalue weighted by atomic mass is 32.2. The number of aromatic nitrogens is 2. The molecule has 0 radical (unpaired) electrons. The number of fused-ring (bicyclic) bond motifs is 2. The molecule has 32 heavy (non-hydrogen) atoms. The van der Waals surface area contributed by atoms with Crippen LogP contribution in [0.3, 0.4) is 0 Å². The number of sulfonamides is 1. The predicted octanol–water partition coefficient (Wildman–Crippen LogP) is 2.86. The summed E-state index contributed by atoms with van der Waals surface area (Å²) in [6.45, 7) is 0.703. The Hall–Kier alpha value is -3.69. The molecule has 0 unspecified atom stereocenters. The fourth-order valence-electron chi connectivity index (χ4n) is 3.94. The molecule has 0 fully saturated rings. The van der Waals surface area contributed by atoms with Gasteiger partial charge in [0.2, 0.25) is 10.0 Å². The second kappa shape index (κ2) is 7.77. The first-order valence-corrected chi connectivity index (χ1v) is 11.5. The number of benzene rings is 3. The minimum absolute atomic E-state index is 0.0787. The Morgan fingerprint density at radius 3 is 2.53 bits per heavy atom. The van der Waals surface area contributed by atoms with E-state index in [1.807, 2.05) is 24.3 Å². The number of nitrogens with zero attached hydrogens (tertiary/aromatic N) is 1. The topological polar surface area (TPSA) is 115 Å². The van der Waals surface area contributed by atoms with Gasteiger partial charge in [0, 0.05) is 24.3 Å². The molecule has 0 spiro atoms. The van der Waals surface area contributed by atoms with Crippen LogP contribution in [0.25, 0.3) is 11.0 Å². The van der Waals surface area contributed by atoms with E-state index in [-0.39, 0.29) is 16.1 Å². The molecule has 0 aliphatic carbocycles. The Bertz CT molecular complexity index is 1500. The lowest BCUT2D eigenvalue weighted by Crippen LogP contribution is -2.36. The zero-order valence-electron chi connectivity index (χ0n) is 17.0. The Labute approximate surface area is 184 Å². The number of hydrogen-bond donors (Lipinski definition) is 3. The Morgan fingerprint density at radius 2 is 1.69 bits per heavy atom. The molecule has 0 saturated carbocycles. The van der Waals surface area contributed by atoms with Gasteiger partial charge in [-0.2, -0.15) is 4.31 Å². The number of nitrogens with one attached hydrogen (secondary N) is 3. The van der Waals surface area contributed by atoms with E-state index < -0.39 is 15.9 Å². The minimum atomic E-state index is -3.75. The van der Waals surface area contributed by atoms with Crippen LogP contribution < -0.4 is 11.0 Å². The molecule has 162 valence electrons. The molecule has 4 aromatic rings. The maximum atomic E-state index is 13.2. The fraction of sp³-hybridized carbons (Fsp3) is 0.130. The number of aromatic amines is 2. The van der Waals surface area contributed by atoms with Gasteiger partial charge in [0.25, 0.3) is 5.91 Å². The largest absolute Gasteiger partial charge is 0.323 e. The summed E-state index contributed by atoms with van der Waals surface area (Å²) < 4.78 is 27.9. The van der Waals surface area contributed by atoms with Crippen molar-refractivity contribution in [1.29, 1.82) is 0 Å². The molecule has 0 saturated heterocycles. The third-order valence-corrected chi connectivity index (χ3v) is 7.44. The van der Waals surface area contributed by atoms with E-state index >= 15 is 0 Å².